The molecule has 0 spiro atoms. The number of aromatic nitrogens is 2. The molecule has 6 aromatic rings. The van der Waals surface area contributed by atoms with Crippen LogP contribution < -0.4 is 24.4 Å². The second-order valence-electron chi connectivity index (χ2n) is 11.9. The standard InChI is InChI=1S/C42H37N3O5S/c1-5-49-35-25-30(22-23-34(35)48-4)39-37(41(47)50-6-2)27(3)43-42-45(39)40(46)36(51-42)26-31-24-33(28-16-10-7-11-17-28)44(32-20-14-9-15-21-32)38(31)29-18-12-8-13-19-29/h7-26,39H,5-6H2,1-4H3/b36-26-/t39-/m1/s1. The van der Waals surface area contributed by atoms with E-state index in [0.717, 1.165) is 33.8 Å². The topological polar surface area (TPSA) is 84.1 Å². The van der Waals surface area contributed by atoms with E-state index in [1.165, 1.54) is 11.3 Å². The molecule has 51 heavy (non-hydrogen) atoms. The summed E-state index contributed by atoms with van der Waals surface area (Å²) in [6.07, 6.45) is 1.94. The Hall–Kier alpha value is -5.93. The number of carbonyl (C=O) groups excluding carboxylic acids is 1. The molecule has 4 aromatic carbocycles. The van der Waals surface area contributed by atoms with E-state index in [4.69, 9.17) is 19.2 Å². The van der Waals surface area contributed by atoms with Gasteiger partial charge < -0.3 is 18.8 Å². The molecule has 9 heteroatoms. The fourth-order valence-corrected chi connectivity index (χ4v) is 7.62. The van der Waals surface area contributed by atoms with Gasteiger partial charge in [0.25, 0.3) is 5.56 Å². The van der Waals surface area contributed by atoms with Crippen LogP contribution in [0.15, 0.2) is 136 Å². The lowest BCUT2D eigenvalue weighted by Gasteiger charge is -2.25. The van der Waals surface area contributed by atoms with Crippen LogP contribution in [0.2, 0.25) is 0 Å². The zero-order chi connectivity index (χ0) is 35.5. The van der Waals surface area contributed by atoms with E-state index in [9.17, 15) is 9.59 Å². The van der Waals surface area contributed by atoms with Crippen molar-refractivity contribution in [1.29, 1.82) is 0 Å². The van der Waals surface area contributed by atoms with E-state index in [0.29, 0.717) is 44.3 Å². The van der Waals surface area contributed by atoms with E-state index < -0.39 is 12.0 Å². The van der Waals surface area contributed by atoms with Crippen molar-refractivity contribution in [2.45, 2.75) is 26.8 Å². The summed E-state index contributed by atoms with van der Waals surface area (Å²) in [7, 11) is 1.58. The van der Waals surface area contributed by atoms with E-state index in [-0.39, 0.29) is 12.2 Å². The first-order chi connectivity index (χ1) is 24.9. The van der Waals surface area contributed by atoms with Gasteiger partial charge in [-0.3, -0.25) is 9.36 Å². The van der Waals surface area contributed by atoms with Crippen LogP contribution in [-0.4, -0.2) is 35.4 Å². The Morgan fingerprint density at radius 3 is 2.16 bits per heavy atom. The van der Waals surface area contributed by atoms with Crippen LogP contribution in [0.5, 0.6) is 11.5 Å². The normalized spacial score (nSPS) is 14.2. The first-order valence-corrected chi connectivity index (χ1v) is 17.7. The Kier molecular flexibility index (Phi) is 9.55. The minimum absolute atomic E-state index is 0.185. The van der Waals surface area contributed by atoms with Crippen LogP contribution in [-0.2, 0) is 9.53 Å². The number of allylic oxidation sites excluding steroid dienone is 1. The predicted molar refractivity (Wildman–Crippen MR) is 201 cm³/mol. The molecule has 0 saturated heterocycles. The first-order valence-electron chi connectivity index (χ1n) is 16.9. The molecule has 0 bridgehead atoms. The SMILES string of the molecule is CCOC(=O)C1=C(C)N=c2s/c(=C\c3cc(-c4ccccc4)n(-c4ccccc4)c3-c3ccccc3)c(=O)n2[C@@H]1c1ccc(OC)c(OCC)c1. The number of esters is 1. The number of nitrogens with zero attached hydrogens (tertiary/aromatic N) is 3. The van der Waals surface area contributed by atoms with Crippen molar-refractivity contribution in [3.05, 3.63) is 157 Å². The lowest BCUT2D eigenvalue weighted by atomic mass is 9.95. The van der Waals surface area contributed by atoms with Gasteiger partial charge in [0.15, 0.2) is 16.3 Å². The van der Waals surface area contributed by atoms with E-state index >= 15 is 0 Å². The van der Waals surface area contributed by atoms with Gasteiger partial charge in [-0.15, -0.1) is 0 Å². The largest absolute Gasteiger partial charge is 0.493 e. The molecule has 0 saturated carbocycles. The highest BCUT2D eigenvalue weighted by molar-refractivity contribution is 7.07. The highest BCUT2D eigenvalue weighted by Gasteiger charge is 2.34. The third-order valence-electron chi connectivity index (χ3n) is 8.77. The van der Waals surface area contributed by atoms with Crippen LogP contribution in [0.4, 0.5) is 0 Å². The molecule has 8 nitrogen and oxygen atoms in total. The molecular formula is C42H37N3O5S. The van der Waals surface area contributed by atoms with Crippen molar-refractivity contribution in [1.82, 2.24) is 9.13 Å². The van der Waals surface area contributed by atoms with Gasteiger partial charge in [0.2, 0.25) is 0 Å². The van der Waals surface area contributed by atoms with Gasteiger partial charge in [-0.05, 0) is 73.9 Å². The molecule has 1 aliphatic heterocycles. The second kappa shape index (κ2) is 14.5. The zero-order valence-corrected chi connectivity index (χ0v) is 29.6. The van der Waals surface area contributed by atoms with Gasteiger partial charge in [-0.25, -0.2) is 9.79 Å². The molecule has 0 fully saturated rings. The Labute approximate surface area is 299 Å². The summed E-state index contributed by atoms with van der Waals surface area (Å²) in [5, 5.41) is 0. The van der Waals surface area contributed by atoms with Gasteiger partial charge in [-0.2, -0.15) is 0 Å². The van der Waals surface area contributed by atoms with Gasteiger partial charge in [0.05, 0.1) is 53.6 Å². The zero-order valence-electron chi connectivity index (χ0n) is 28.8. The minimum atomic E-state index is -0.796. The monoisotopic (exact) mass is 695 g/mol. The summed E-state index contributed by atoms with van der Waals surface area (Å²) >= 11 is 1.30. The summed E-state index contributed by atoms with van der Waals surface area (Å²) in [6, 6.07) is 37.4. The summed E-state index contributed by atoms with van der Waals surface area (Å²) in [6.45, 7) is 6.03. The first kappa shape index (κ1) is 33.6. The van der Waals surface area contributed by atoms with Gasteiger partial charge >= 0.3 is 5.97 Å². The molecular weight excluding hydrogens is 659 g/mol. The quantitative estimate of drug-likeness (QED) is 0.140. The van der Waals surface area contributed by atoms with Gasteiger partial charge in [0.1, 0.15) is 0 Å². The van der Waals surface area contributed by atoms with Crippen LogP contribution in [0.3, 0.4) is 0 Å². The smallest absolute Gasteiger partial charge is 0.338 e. The number of carbonyl (C=O) groups is 1. The Balaban J connectivity index is 1.50. The Bertz CT molecular complexity index is 2430. The molecule has 0 aliphatic carbocycles. The summed E-state index contributed by atoms with van der Waals surface area (Å²) in [4.78, 5) is 33.5. The Morgan fingerprint density at radius 2 is 1.51 bits per heavy atom. The van der Waals surface area contributed by atoms with Gasteiger partial charge in [-0.1, -0.05) is 96.3 Å². The maximum atomic E-state index is 14.7. The predicted octanol–water partition coefficient (Wildman–Crippen LogP) is 7.33. The lowest BCUT2D eigenvalue weighted by Crippen LogP contribution is -2.40. The molecule has 1 aliphatic rings. The van der Waals surface area contributed by atoms with Crippen LogP contribution in [0.1, 0.15) is 37.9 Å². The lowest BCUT2D eigenvalue weighted by molar-refractivity contribution is -0.139. The average molecular weight is 696 g/mol. The molecule has 0 N–H and O–H groups in total. The van der Waals surface area contributed by atoms with Crippen molar-refractivity contribution < 1.29 is 19.0 Å². The third-order valence-corrected chi connectivity index (χ3v) is 9.75. The molecule has 3 heterocycles. The maximum absolute atomic E-state index is 14.7. The number of ether oxygens (including phenoxy) is 3. The molecule has 256 valence electrons. The molecule has 1 atom stereocenters. The fraction of sp³-hybridized carbons (Fsp3) is 0.167. The minimum Gasteiger partial charge on any atom is -0.493 e. The third kappa shape index (κ3) is 6.32. The molecule has 0 radical (unpaired) electrons. The molecule has 0 unspecified atom stereocenters. The van der Waals surface area contributed by atoms with E-state index in [1.807, 2.05) is 79.7 Å². The maximum Gasteiger partial charge on any atom is 0.338 e. The van der Waals surface area contributed by atoms with Crippen molar-refractivity contribution in [3.63, 3.8) is 0 Å². The number of benzene rings is 4. The van der Waals surface area contributed by atoms with Gasteiger partial charge in [0, 0.05) is 11.3 Å². The summed E-state index contributed by atoms with van der Waals surface area (Å²) in [5.41, 5.74) is 7.05. The van der Waals surface area contributed by atoms with Crippen molar-refractivity contribution >= 4 is 23.4 Å². The molecule has 2 aromatic heterocycles. The highest BCUT2D eigenvalue weighted by atomic mass is 32.1. The number of methoxy groups -OCH3 is 1. The number of thiazole rings is 1. The summed E-state index contributed by atoms with van der Waals surface area (Å²) in [5.74, 6) is 0.545. The van der Waals surface area contributed by atoms with E-state index in [2.05, 4.69) is 47.0 Å². The number of hydrogen-bond donors (Lipinski definition) is 0. The molecule has 7 rings (SSSR count). The van der Waals surface area contributed by atoms with Crippen LogP contribution >= 0.6 is 11.3 Å². The second-order valence-corrected chi connectivity index (χ2v) is 12.9. The summed E-state index contributed by atoms with van der Waals surface area (Å²) < 4.78 is 21.3. The van der Waals surface area contributed by atoms with Crippen LogP contribution in [0, 0.1) is 0 Å². The number of fused-ring (bicyclic) bond motifs is 1. The van der Waals surface area contributed by atoms with Crippen molar-refractivity contribution in [2.75, 3.05) is 20.3 Å². The highest BCUT2D eigenvalue weighted by Crippen LogP contribution is 2.38. The fourth-order valence-electron chi connectivity index (χ4n) is 6.58. The van der Waals surface area contributed by atoms with Crippen molar-refractivity contribution in [3.8, 4) is 39.7 Å². The number of rotatable bonds is 10. The van der Waals surface area contributed by atoms with Crippen LogP contribution in [0.25, 0.3) is 34.3 Å². The average Bonchev–Trinajstić information content (AvgIpc) is 3.69. The number of para-hydroxylation sites is 1. The van der Waals surface area contributed by atoms with Crippen molar-refractivity contribution in [2.24, 2.45) is 4.99 Å². The molecule has 0 amide bonds. The number of hydrogen-bond acceptors (Lipinski definition) is 7. The Morgan fingerprint density at radius 1 is 0.843 bits per heavy atom. The van der Waals surface area contributed by atoms with E-state index in [1.54, 1.807) is 31.6 Å².